The number of rotatable bonds is 10. The molecule has 0 amide bonds. The number of phenolic OH excluding ortho intramolecular Hbond substituents is 1. The summed E-state index contributed by atoms with van der Waals surface area (Å²) < 4.78 is 0. The highest BCUT2D eigenvalue weighted by atomic mass is 16.3. The molecule has 1 heterocycles. The van der Waals surface area contributed by atoms with Crippen LogP contribution in [0.4, 0.5) is 5.69 Å². The second-order valence-electron chi connectivity index (χ2n) is 10.8. The Morgan fingerprint density at radius 1 is 0.811 bits per heavy atom. The first-order valence-electron chi connectivity index (χ1n) is 13.9. The van der Waals surface area contributed by atoms with Crippen LogP contribution < -0.4 is 5.32 Å². The van der Waals surface area contributed by atoms with E-state index in [1.807, 2.05) is 18.2 Å². The summed E-state index contributed by atoms with van der Waals surface area (Å²) in [5.41, 5.74) is 7.47. The van der Waals surface area contributed by atoms with Gasteiger partial charge in [-0.05, 0) is 96.2 Å². The number of nitrogens with one attached hydrogen (secondary N) is 1. The average Bonchev–Trinajstić information content (AvgIpc) is 3.57. The fraction of sp³-hybridized carbons (Fsp3) is 0.394. The first-order valence-corrected chi connectivity index (χ1v) is 13.9. The molecule has 0 aromatic heterocycles. The van der Waals surface area contributed by atoms with E-state index < -0.39 is 0 Å². The minimum absolute atomic E-state index is 0.153. The molecular formula is C33H40N2O2. The Kier molecular flexibility index (Phi) is 8.28. The van der Waals surface area contributed by atoms with Gasteiger partial charge in [0.2, 0.25) is 0 Å². The van der Waals surface area contributed by atoms with Crippen molar-refractivity contribution in [3.63, 3.8) is 0 Å². The smallest absolute Gasteiger partial charge is 0.115 e. The summed E-state index contributed by atoms with van der Waals surface area (Å²) in [7, 11) is 0. The number of anilines is 1. The van der Waals surface area contributed by atoms with Gasteiger partial charge in [-0.2, -0.15) is 0 Å². The number of hydrogen-bond donors (Lipinski definition) is 3. The van der Waals surface area contributed by atoms with Gasteiger partial charge in [0, 0.05) is 31.9 Å². The van der Waals surface area contributed by atoms with E-state index in [-0.39, 0.29) is 12.4 Å². The van der Waals surface area contributed by atoms with Crippen molar-refractivity contribution in [2.24, 2.45) is 5.41 Å². The van der Waals surface area contributed by atoms with Gasteiger partial charge < -0.3 is 20.4 Å². The topological polar surface area (TPSA) is 55.7 Å². The molecule has 194 valence electrons. The minimum Gasteiger partial charge on any atom is -0.508 e. The average molecular weight is 497 g/mol. The van der Waals surface area contributed by atoms with Crippen molar-refractivity contribution in [3.8, 4) is 5.75 Å². The Hall–Kier alpha value is -3.08. The molecule has 3 N–H and O–H groups in total. The third-order valence-electron chi connectivity index (χ3n) is 8.28. The quantitative estimate of drug-likeness (QED) is 0.270. The van der Waals surface area contributed by atoms with E-state index in [1.54, 1.807) is 12.1 Å². The van der Waals surface area contributed by atoms with Crippen LogP contribution in [-0.4, -0.2) is 47.9 Å². The molecule has 1 aliphatic carbocycles. The zero-order valence-electron chi connectivity index (χ0n) is 21.8. The molecule has 0 bridgehead atoms. The van der Waals surface area contributed by atoms with Crippen molar-refractivity contribution in [1.29, 1.82) is 0 Å². The lowest BCUT2D eigenvalue weighted by atomic mass is 9.86. The van der Waals surface area contributed by atoms with E-state index in [9.17, 15) is 10.2 Å². The number of nitrogens with zero attached hydrogens (tertiary/aromatic N) is 1. The molecule has 37 heavy (non-hydrogen) atoms. The fourth-order valence-corrected chi connectivity index (χ4v) is 6.32. The van der Waals surface area contributed by atoms with Crippen molar-refractivity contribution < 1.29 is 10.2 Å². The lowest BCUT2D eigenvalue weighted by Gasteiger charge is -2.23. The van der Waals surface area contributed by atoms with E-state index >= 15 is 0 Å². The second-order valence-corrected chi connectivity index (χ2v) is 10.8. The molecule has 1 saturated heterocycles. The van der Waals surface area contributed by atoms with Gasteiger partial charge in [0.1, 0.15) is 5.75 Å². The summed E-state index contributed by atoms with van der Waals surface area (Å²) in [6.45, 7) is 4.74. The molecule has 3 aromatic carbocycles. The van der Waals surface area contributed by atoms with Crippen LogP contribution in [0.25, 0.3) is 11.1 Å². The van der Waals surface area contributed by atoms with Crippen LogP contribution >= 0.6 is 0 Å². The Bertz CT molecular complexity index is 1160. The van der Waals surface area contributed by atoms with E-state index in [4.69, 9.17) is 0 Å². The van der Waals surface area contributed by atoms with E-state index in [2.05, 4.69) is 58.7 Å². The van der Waals surface area contributed by atoms with Crippen LogP contribution in [0.2, 0.25) is 0 Å². The minimum atomic E-state index is 0.153. The number of aliphatic hydroxyl groups is 1. The molecular weight excluding hydrogens is 456 g/mol. The molecule has 2 aliphatic rings. The molecule has 4 heteroatoms. The SMILES string of the molecule is OCCC/C(=C(\c1ccc(O)cc1)c1ccc(NCCN2CCC3(CCCC3)C2)cc1)c1ccccc1. The number of aliphatic hydroxyl groups excluding tert-OH is 1. The monoisotopic (exact) mass is 496 g/mol. The highest BCUT2D eigenvalue weighted by Crippen LogP contribution is 2.45. The zero-order chi connectivity index (χ0) is 25.5. The van der Waals surface area contributed by atoms with Crippen molar-refractivity contribution in [2.45, 2.75) is 44.9 Å². The van der Waals surface area contributed by atoms with E-state index in [0.29, 0.717) is 11.8 Å². The van der Waals surface area contributed by atoms with E-state index in [0.717, 1.165) is 47.5 Å². The van der Waals surface area contributed by atoms with Crippen molar-refractivity contribution in [3.05, 3.63) is 95.6 Å². The standard InChI is InChI=1S/C33H40N2O2/c36-24-6-9-31(26-7-2-1-3-8-26)32(28-12-16-30(37)17-13-28)27-10-14-29(15-11-27)34-21-23-35-22-20-33(25-35)18-4-5-19-33/h1-3,7-8,10-17,34,36-37H,4-6,9,18-25H2/b32-31+. The van der Waals surface area contributed by atoms with Gasteiger partial charge >= 0.3 is 0 Å². The maximum atomic E-state index is 9.90. The van der Waals surface area contributed by atoms with E-state index in [1.165, 1.54) is 50.8 Å². The van der Waals surface area contributed by atoms with Gasteiger partial charge in [-0.1, -0.05) is 67.4 Å². The number of likely N-dealkylation sites (tertiary alicyclic amines) is 1. The third kappa shape index (κ3) is 6.26. The predicted octanol–water partition coefficient (Wildman–Crippen LogP) is 6.80. The predicted molar refractivity (Wildman–Crippen MR) is 154 cm³/mol. The lowest BCUT2D eigenvalue weighted by Crippen LogP contribution is -2.29. The zero-order valence-corrected chi connectivity index (χ0v) is 21.8. The molecule has 3 aromatic rings. The molecule has 1 saturated carbocycles. The normalized spacial score (nSPS) is 17.8. The molecule has 1 aliphatic heterocycles. The summed E-state index contributed by atoms with van der Waals surface area (Å²) in [5, 5.41) is 23.1. The van der Waals surface area contributed by atoms with Gasteiger partial charge in [-0.25, -0.2) is 0 Å². The number of hydrogen-bond acceptors (Lipinski definition) is 4. The van der Waals surface area contributed by atoms with Gasteiger partial charge in [-0.15, -0.1) is 0 Å². The van der Waals surface area contributed by atoms with Crippen LogP contribution in [-0.2, 0) is 0 Å². The Morgan fingerprint density at radius 3 is 2.16 bits per heavy atom. The van der Waals surface area contributed by atoms with Crippen LogP contribution in [0.1, 0.15) is 61.6 Å². The Balaban J connectivity index is 1.35. The van der Waals surface area contributed by atoms with Crippen molar-refractivity contribution in [2.75, 3.05) is 38.1 Å². The number of phenols is 1. The van der Waals surface area contributed by atoms with Crippen LogP contribution in [0.5, 0.6) is 5.75 Å². The molecule has 0 atom stereocenters. The Morgan fingerprint density at radius 2 is 1.49 bits per heavy atom. The first-order chi connectivity index (χ1) is 18.2. The number of aromatic hydroxyl groups is 1. The molecule has 5 rings (SSSR count). The number of benzene rings is 3. The van der Waals surface area contributed by atoms with Gasteiger partial charge in [-0.3, -0.25) is 0 Å². The maximum Gasteiger partial charge on any atom is 0.115 e. The molecule has 0 unspecified atom stereocenters. The summed E-state index contributed by atoms with van der Waals surface area (Å²) in [6.07, 6.45) is 8.55. The maximum absolute atomic E-state index is 9.90. The second kappa shape index (κ2) is 12.0. The largest absolute Gasteiger partial charge is 0.508 e. The highest BCUT2D eigenvalue weighted by molar-refractivity contribution is 5.98. The molecule has 4 nitrogen and oxygen atoms in total. The van der Waals surface area contributed by atoms with Crippen molar-refractivity contribution in [1.82, 2.24) is 4.90 Å². The Labute approximate surface area is 221 Å². The summed E-state index contributed by atoms with van der Waals surface area (Å²) in [6, 6.07) is 26.6. The summed E-state index contributed by atoms with van der Waals surface area (Å²) in [4.78, 5) is 2.64. The summed E-state index contributed by atoms with van der Waals surface area (Å²) >= 11 is 0. The van der Waals surface area contributed by atoms with Crippen LogP contribution in [0, 0.1) is 5.41 Å². The molecule has 0 radical (unpaired) electrons. The van der Waals surface area contributed by atoms with Crippen LogP contribution in [0.15, 0.2) is 78.9 Å². The first kappa shape index (κ1) is 25.6. The van der Waals surface area contributed by atoms with Gasteiger partial charge in [0.15, 0.2) is 0 Å². The van der Waals surface area contributed by atoms with Gasteiger partial charge in [0.25, 0.3) is 0 Å². The number of allylic oxidation sites excluding steroid dienone is 1. The molecule has 1 spiro atoms. The molecule has 2 fully saturated rings. The third-order valence-corrected chi connectivity index (χ3v) is 8.28. The summed E-state index contributed by atoms with van der Waals surface area (Å²) in [5.74, 6) is 0.260. The van der Waals surface area contributed by atoms with Crippen LogP contribution in [0.3, 0.4) is 0 Å². The van der Waals surface area contributed by atoms with Crippen molar-refractivity contribution >= 4 is 16.8 Å². The fourth-order valence-electron chi connectivity index (χ4n) is 6.32. The highest BCUT2D eigenvalue weighted by Gasteiger charge is 2.39. The van der Waals surface area contributed by atoms with Gasteiger partial charge in [0.05, 0.1) is 0 Å². The lowest BCUT2D eigenvalue weighted by molar-refractivity contribution is 0.267.